The lowest BCUT2D eigenvalue weighted by Crippen LogP contribution is -2.23. The molecule has 8 nitrogen and oxygen atoms in total. The first-order valence-corrected chi connectivity index (χ1v) is 17.4. The molecular weight excluding hydrogens is 635 g/mol. The number of anilines is 3. The fourth-order valence-electron chi connectivity index (χ4n) is 5.60. The Hall–Kier alpha value is -2.81. The van der Waals surface area contributed by atoms with Gasteiger partial charge in [-0.05, 0) is 43.2 Å². The second-order valence-corrected chi connectivity index (χ2v) is 12.9. The normalized spacial score (nSPS) is 14.8. The van der Waals surface area contributed by atoms with Crippen LogP contribution in [-0.4, -0.2) is 36.8 Å². The average Bonchev–Trinajstić information content (AvgIpc) is 3.60. The van der Waals surface area contributed by atoms with Gasteiger partial charge in [-0.3, -0.25) is 9.59 Å². The van der Waals surface area contributed by atoms with Crippen molar-refractivity contribution in [2.75, 3.05) is 28.4 Å². The van der Waals surface area contributed by atoms with Gasteiger partial charge in [0.05, 0.1) is 39.3 Å². The van der Waals surface area contributed by atoms with Crippen molar-refractivity contribution in [1.82, 2.24) is 0 Å². The summed E-state index contributed by atoms with van der Waals surface area (Å²) in [5.41, 5.74) is 1.63. The van der Waals surface area contributed by atoms with E-state index in [2.05, 4.69) is 17.3 Å². The quantitative estimate of drug-likeness (QED) is 0.133. The summed E-state index contributed by atoms with van der Waals surface area (Å²) in [5, 5.41) is 9.24. The lowest BCUT2D eigenvalue weighted by molar-refractivity contribution is -0.117. The van der Waals surface area contributed by atoms with E-state index < -0.39 is 5.97 Å². The predicted molar refractivity (Wildman–Crippen MR) is 184 cm³/mol. The second kappa shape index (κ2) is 17.8. The topological polar surface area (TPSA) is 91.3 Å². The van der Waals surface area contributed by atoms with Crippen LogP contribution in [0.15, 0.2) is 35.4 Å². The summed E-state index contributed by atoms with van der Waals surface area (Å²) in [6.45, 7) is 3.22. The SMILES string of the molecule is CCCCCCCCCCCCCCOC(=O)c1cc(Cl)c(N2N=C(Nc3cc(N4CCCC4=O)ccc3Cl)CC2=O)c(Cl)c1. The maximum atomic E-state index is 12.9. The van der Waals surface area contributed by atoms with Gasteiger partial charge in [0.15, 0.2) is 0 Å². The zero-order valence-electron chi connectivity index (χ0n) is 26.0. The Kier molecular flexibility index (Phi) is 13.8. The Bertz CT molecular complexity index is 1360. The monoisotopic (exact) mass is 676 g/mol. The number of hydrogen-bond acceptors (Lipinski definition) is 6. The molecule has 2 aliphatic heterocycles. The molecular formula is C34H43Cl3N4O4. The fraction of sp³-hybridized carbons (Fsp3) is 0.529. The number of carbonyl (C=O) groups is 3. The summed E-state index contributed by atoms with van der Waals surface area (Å²) in [5.74, 6) is -0.475. The Labute approximate surface area is 281 Å². The van der Waals surface area contributed by atoms with E-state index in [4.69, 9.17) is 39.5 Å². The van der Waals surface area contributed by atoms with E-state index in [9.17, 15) is 14.4 Å². The van der Waals surface area contributed by atoms with Crippen molar-refractivity contribution in [3.63, 3.8) is 0 Å². The van der Waals surface area contributed by atoms with Gasteiger partial charge in [0.2, 0.25) is 5.91 Å². The number of benzene rings is 2. The van der Waals surface area contributed by atoms with Gasteiger partial charge in [0, 0.05) is 18.7 Å². The molecule has 2 aromatic carbocycles. The molecule has 0 atom stereocenters. The third kappa shape index (κ3) is 10.1. The van der Waals surface area contributed by atoms with Gasteiger partial charge in [-0.1, -0.05) is 112 Å². The van der Waals surface area contributed by atoms with Crippen LogP contribution >= 0.6 is 34.8 Å². The van der Waals surface area contributed by atoms with Crippen LogP contribution in [-0.2, 0) is 14.3 Å². The molecule has 0 unspecified atom stereocenters. The highest BCUT2D eigenvalue weighted by Crippen LogP contribution is 2.38. The third-order valence-electron chi connectivity index (χ3n) is 8.09. The fourth-order valence-corrected chi connectivity index (χ4v) is 6.42. The first-order valence-electron chi connectivity index (χ1n) is 16.2. The smallest absolute Gasteiger partial charge is 0.338 e. The van der Waals surface area contributed by atoms with Gasteiger partial charge in [-0.2, -0.15) is 10.1 Å². The van der Waals surface area contributed by atoms with Gasteiger partial charge < -0.3 is 15.0 Å². The zero-order chi connectivity index (χ0) is 32.2. The highest BCUT2D eigenvalue weighted by molar-refractivity contribution is 6.41. The van der Waals surface area contributed by atoms with Crippen LogP contribution < -0.4 is 15.2 Å². The molecule has 2 aromatic rings. The molecule has 2 aliphatic rings. The van der Waals surface area contributed by atoms with Crippen molar-refractivity contribution >= 4 is 75.5 Å². The number of hydrazone groups is 1. The summed E-state index contributed by atoms with van der Waals surface area (Å²) in [4.78, 5) is 39.5. The summed E-state index contributed by atoms with van der Waals surface area (Å²) >= 11 is 19.4. The minimum atomic E-state index is -0.516. The first-order chi connectivity index (χ1) is 21.8. The van der Waals surface area contributed by atoms with Gasteiger partial charge in [0.1, 0.15) is 11.5 Å². The highest BCUT2D eigenvalue weighted by atomic mass is 35.5. The van der Waals surface area contributed by atoms with Crippen LogP contribution in [0.5, 0.6) is 0 Å². The number of nitrogens with zero attached hydrogens (tertiary/aromatic N) is 3. The summed E-state index contributed by atoms with van der Waals surface area (Å²) in [6, 6.07) is 8.13. The van der Waals surface area contributed by atoms with Gasteiger partial charge >= 0.3 is 5.97 Å². The number of esters is 1. The molecule has 0 saturated carbocycles. The second-order valence-electron chi connectivity index (χ2n) is 11.7. The summed E-state index contributed by atoms with van der Waals surface area (Å²) in [7, 11) is 0. The van der Waals surface area contributed by atoms with Crippen molar-refractivity contribution in [2.24, 2.45) is 5.10 Å². The van der Waals surface area contributed by atoms with E-state index in [0.717, 1.165) is 36.4 Å². The summed E-state index contributed by atoms with van der Waals surface area (Å²) < 4.78 is 5.45. The first kappa shape index (κ1) is 35.1. The van der Waals surface area contributed by atoms with E-state index in [0.29, 0.717) is 36.1 Å². The minimum Gasteiger partial charge on any atom is -0.462 e. The lowest BCUT2D eigenvalue weighted by Gasteiger charge is -2.18. The van der Waals surface area contributed by atoms with E-state index in [-0.39, 0.29) is 39.5 Å². The lowest BCUT2D eigenvalue weighted by atomic mass is 10.1. The van der Waals surface area contributed by atoms with Crippen LogP contribution in [0.1, 0.15) is 114 Å². The molecule has 0 bridgehead atoms. The third-order valence-corrected chi connectivity index (χ3v) is 8.99. The van der Waals surface area contributed by atoms with E-state index >= 15 is 0 Å². The number of halogens is 3. The number of hydrogen-bond donors (Lipinski definition) is 1. The van der Waals surface area contributed by atoms with Crippen LogP contribution in [0.25, 0.3) is 0 Å². The maximum Gasteiger partial charge on any atom is 0.338 e. The number of nitrogens with one attached hydrogen (secondary N) is 1. The molecule has 0 aliphatic carbocycles. The molecule has 45 heavy (non-hydrogen) atoms. The molecule has 1 fully saturated rings. The van der Waals surface area contributed by atoms with Crippen molar-refractivity contribution in [3.05, 3.63) is 51.0 Å². The van der Waals surface area contributed by atoms with Crippen LogP contribution in [0, 0.1) is 0 Å². The Morgan fingerprint density at radius 3 is 2.07 bits per heavy atom. The van der Waals surface area contributed by atoms with E-state index in [1.807, 2.05) is 0 Å². The average molecular weight is 678 g/mol. The molecule has 244 valence electrons. The number of carbonyl (C=O) groups excluding carboxylic acids is 3. The Balaban J connectivity index is 1.25. The van der Waals surface area contributed by atoms with Gasteiger partial charge in [0.25, 0.3) is 5.91 Å². The van der Waals surface area contributed by atoms with Gasteiger partial charge in [-0.25, -0.2) is 4.79 Å². The standard InChI is InChI=1S/C34H43Cl3N4O4/c1-2-3-4-5-6-7-8-9-10-11-12-13-19-45-34(44)24-20-27(36)33(28(37)21-24)41-32(43)23-30(39-41)38-29-22-25(16-17-26(29)35)40-18-14-15-31(40)42/h16-17,20-22H,2-15,18-19,23H2,1H3,(H,38,39). The predicted octanol–water partition coefficient (Wildman–Crippen LogP) is 9.79. The maximum absolute atomic E-state index is 12.9. The zero-order valence-corrected chi connectivity index (χ0v) is 28.3. The Morgan fingerprint density at radius 2 is 1.47 bits per heavy atom. The summed E-state index contributed by atoms with van der Waals surface area (Å²) in [6.07, 6.45) is 16.0. The van der Waals surface area contributed by atoms with E-state index in [1.165, 1.54) is 69.9 Å². The number of rotatable bonds is 17. The molecule has 0 radical (unpaired) electrons. The van der Waals surface area contributed by atoms with Crippen LogP contribution in [0.3, 0.4) is 0 Å². The number of unbranched alkanes of at least 4 members (excludes halogenated alkanes) is 11. The Morgan fingerprint density at radius 1 is 0.844 bits per heavy atom. The molecule has 0 aromatic heterocycles. The molecule has 0 spiro atoms. The molecule has 2 amide bonds. The molecule has 1 saturated heterocycles. The minimum absolute atomic E-state index is 0.0430. The van der Waals surface area contributed by atoms with Crippen LogP contribution in [0.4, 0.5) is 17.1 Å². The van der Waals surface area contributed by atoms with Crippen molar-refractivity contribution in [1.29, 1.82) is 0 Å². The van der Waals surface area contributed by atoms with Crippen molar-refractivity contribution < 1.29 is 19.1 Å². The number of amidine groups is 1. The molecule has 11 heteroatoms. The highest BCUT2D eigenvalue weighted by Gasteiger charge is 2.30. The molecule has 2 heterocycles. The number of amides is 2. The number of ether oxygens (including phenoxy) is 1. The van der Waals surface area contributed by atoms with Crippen molar-refractivity contribution in [3.8, 4) is 0 Å². The molecule has 4 rings (SSSR count). The largest absolute Gasteiger partial charge is 0.462 e. The van der Waals surface area contributed by atoms with Gasteiger partial charge in [-0.15, -0.1) is 0 Å². The van der Waals surface area contributed by atoms with Crippen molar-refractivity contribution in [2.45, 2.75) is 103 Å². The molecule has 1 N–H and O–H groups in total. The van der Waals surface area contributed by atoms with E-state index in [1.54, 1.807) is 23.1 Å². The van der Waals surface area contributed by atoms with Crippen LogP contribution in [0.2, 0.25) is 15.1 Å².